The molecule has 0 aliphatic heterocycles. The largest absolute Gasteiger partial charge is 0.495 e. The van der Waals surface area contributed by atoms with Gasteiger partial charge in [-0.25, -0.2) is 18.6 Å². The van der Waals surface area contributed by atoms with Gasteiger partial charge in [0.15, 0.2) is 0 Å². The normalized spacial score (nSPS) is 10.4. The number of ether oxygens (including phenoxy) is 2. The van der Waals surface area contributed by atoms with Crippen molar-refractivity contribution >= 4 is 28.6 Å². The molecule has 0 saturated carbocycles. The van der Waals surface area contributed by atoms with Crippen molar-refractivity contribution in [3.8, 4) is 5.75 Å². The molecule has 0 amide bonds. The molecule has 0 saturated heterocycles. The minimum Gasteiger partial charge on any atom is -0.495 e. The third-order valence-electron chi connectivity index (χ3n) is 1.84. The number of nitrogens with zero attached hydrogens (tertiary/aromatic N) is 1. The highest BCUT2D eigenvalue weighted by atomic mass is 127. The summed E-state index contributed by atoms with van der Waals surface area (Å²) in [4.78, 5) is 15.1. The Hall–Kier alpha value is -0.990. The first-order valence-electron chi connectivity index (χ1n) is 4.11. The quantitative estimate of drug-likeness (QED) is 0.481. The number of alkyl halides is 2. The van der Waals surface area contributed by atoms with Crippen molar-refractivity contribution in [2.45, 2.75) is 6.43 Å². The second-order valence-corrected chi connectivity index (χ2v) is 3.73. The van der Waals surface area contributed by atoms with Crippen LogP contribution in [0.5, 0.6) is 5.75 Å². The van der Waals surface area contributed by atoms with Crippen molar-refractivity contribution in [2.75, 3.05) is 14.2 Å². The first-order chi connectivity index (χ1) is 7.52. The van der Waals surface area contributed by atoms with Gasteiger partial charge in [0.2, 0.25) is 0 Å². The van der Waals surface area contributed by atoms with Crippen LogP contribution >= 0.6 is 22.6 Å². The Kier molecular flexibility index (Phi) is 4.39. The lowest BCUT2D eigenvalue weighted by atomic mass is 10.2. The summed E-state index contributed by atoms with van der Waals surface area (Å²) in [5, 5.41) is 0. The fourth-order valence-electron chi connectivity index (χ4n) is 1.14. The summed E-state index contributed by atoms with van der Waals surface area (Å²) in [5.74, 6) is -0.947. The zero-order chi connectivity index (χ0) is 12.3. The van der Waals surface area contributed by atoms with Crippen LogP contribution in [0.4, 0.5) is 8.78 Å². The smallest absolute Gasteiger partial charge is 0.344 e. The number of aromatic nitrogens is 1. The molecule has 0 atom stereocenters. The summed E-state index contributed by atoms with van der Waals surface area (Å²) in [7, 11) is 2.37. The average Bonchev–Trinajstić information content (AvgIpc) is 2.26. The van der Waals surface area contributed by atoms with Crippen molar-refractivity contribution in [3.63, 3.8) is 0 Å². The van der Waals surface area contributed by atoms with Crippen LogP contribution in [0.1, 0.15) is 22.3 Å². The Bertz CT molecular complexity index is 412. The lowest BCUT2D eigenvalue weighted by Gasteiger charge is -2.12. The Balaban J connectivity index is 3.44. The van der Waals surface area contributed by atoms with E-state index in [0.717, 1.165) is 13.3 Å². The predicted molar refractivity (Wildman–Crippen MR) is 59.8 cm³/mol. The molecule has 16 heavy (non-hydrogen) atoms. The first kappa shape index (κ1) is 13.1. The van der Waals surface area contributed by atoms with E-state index in [1.807, 2.05) is 0 Å². The summed E-state index contributed by atoms with van der Waals surface area (Å²) >= 11 is 1.75. The summed E-state index contributed by atoms with van der Waals surface area (Å²) in [5.41, 5.74) is -0.508. The van der Waals surface area contributed by atoms with Crippen LogP contribution in [0.3, 0.4) is 0 Å². The van der Waals surface area contributed by atoms with Crippen molar-refractivity contribution < 1.29 is 23.0 Å². The number of rotatable bonds is 3. The van der Waals surface area contributed by atoms with E-state index in [0.29, 0.717) is 0 Å². The molecule has 1 aromatic rings. The number of esters is 1. The van der Waals surface area contributed by atoms with Gasteiger partial charge in [0, 0.05) is 6.20 Å². The van der Waals surface area contributed by atoms with Gasteiger partial charge in [0.05, 0.1) is 19.8 Å². The molecule has 0 unspecified atom stereocenters. The third-order valence-corrected chi connectivity index (χ3v) is 2.66. The van der Waals surface area contributed by atoms with Crippen LogP contribution < -0.4 is 4.74 Å². The van der Waals surface area contributed by atoms with Gasteiger partial charge in [-0.05, 0) is 22.6 Å². The highest BCUT2D eigenvalue weighted by Gasteiger charge is 2.25. The van der Waals surface area contributed by atoms with Crippen molar-refractivity contribution in [2.24, 2.45) is 0 Å². The maximum atomic E-state index is 12.6. The number of halogens is 3. The van der Waals surface area contributed by atoms with Crippen LogP contribution in [-0.4, -0.2) is 25.2 Å². The summed E-state index contributed by atoms with van der Waals surface area (Å²) in [6, 6.07) is 0. The van der Waals surface area contributed by atoms with E-state index < -0.39 is 18.0 Å². The highest BCUT2D eigenvalue weighted by Crippen LogP contribution is 2.33. The first-order valence-corrected chi connectivity index (χ1v) is 5.19. The van der Waals surface area contributed by atoms with Crippen LogP contribution in [-0.2, 0) is 4.74 Å². The average molecular weight is 343 g/mol. The van der Waals surface area contributed by atoms with Crippen molar-refractivity contribution in [3.05, 3.63) is 21.0 Å². The summed E-state index contributed by atoms with van der Waals surface area (Å²) in [6.07, 6.45) is -1.78. The van der Waals surface area contributed by atoms with Crippen LogP contribution in [0.15, 0.2) is 6.20 Å². The molecule has 4 nitrogen and oxygen atoms in total. The molecule has 88 valence electrons. The molecule has 0 bridgehead atoms. The molecule has 0 aromatic carbocycles. The SMILES string of the molecule is COC(=O)c1c(I)ncc(C(F)F)c1OC. The second kappa shape index (κ2) is 5.37. The predicted octanol–water partition coefficient (Wildman–Crippen LogP) is 2.42. The lowest BCUT2D eigenvalue weighted by molar-refractivity contribution is 0.0594. The van der Waals surface area contributed by atoms with E-state index in [1.165, 1.54) is 7.11 Å². The van der Waals surface area contributed by atoms with Gasteiger partial charge in [-0.1, -0.05) is 0 Å². The Morgan fingerprint density at radius 3 is 2.56 bits per heavy atom. The minimum absolute atomic E-state index is 0.0802. The highest BCUT2D eigenvalue weighted by molar-refractivity contribution is 14.1. The van der Waals surface area contributed by atoms with Gasteiger partial charge in [-0.2, -0.15) is 0 Å². The number of hydrogen-bond acceptors (Lipinski definition) is 4. The van der Waals surface area contributed by atoms with E-state index in [4.69, 9.17) is 4.74 Å². The number of hydrogen-bond donors (Lipinski definition) is 0. The molecule has 0 aliphatic rings. The van der Waals surface area contributed by atoms with Crippen LogP contribution in [0, 0.1) is 3.70 Å². The standard InChI is InChI=1S/C9H8F2INO3/c1-15-6-4(7(10)11)3-13-8(12)5(6)9(14)16-2/h3,7H,1-2H3. The van der Waals surface area contributed by atoms with Crippen molar-refractivity contribution in [1.29, 1.82) is 0 Å². The monoisotopic (exact) mass is 343 g/mol. The molecular weight excluding hydrogens is 335 g/mol. The molecule has 1 aromatic heterocycles. The molecule has 7 heteroatoms. The molecule has 1 heterocycles. The number of carbonyl (C=O) groups excluding carboxylic acids is 1. The number of carbonyl (C=O) groups is 1. The van der Waals surface area contributed by atoms with E-state index in [9.17, 15) is 13.6 Å². The van der Waals surface area contributed by atoms with Gasteiger partial charge >= 0.3 is 5.97 Å². The van der Waals surface area contributed by atoms with E-state index in [1.54, 1.807) is 22.6 Å². The molecule has 0 N–H and O–H groups in total. The van der Waals surface area contributed by atoms with Gasteiger partial charge < -0.3 is 9.47 Å². The molecule has 0 spiro atoms. The zero-order valence-electron chi connectivity index (χ0n) is 8.46. The van der Waals surface area contributed by atoms with E-state index in [2.05, 4.69) is 9.72 Å². The lowest BCUT2D eigenvalue weighted by Crippen LogP contribution is -2.10. The van der Waals surface area contributed by atoms with E-state index in [-0.39, 0.29) is 15.0 Å². The summed E-state index contributed by atoms with van der Waals surface area (Å²) in [6.45, 7) is 0. The molecule has 0 fully saturated rings. The molecule has 1 rings (SSSR count). The van der Waals surface area contributed by atoms with Gasteiger partial charge in [0.25, 0.3) is 6.43 Å². The number of pyridine rings is 1. The van der Waals surface area contributed by atoms with E-state index >= 15 is 0 Å². The molecular formula is C9H8F2INO3. The molecule has 0 radical (unpaired) electrons. The Morgan fingerprint density at radius 1 is 1.50 bits per heavy atom. The summed E-state index contributed by atoms with van der Waals surface area (Å²) < 4.78 is 34.8. The van der Waals surface area contributed by atoms with Crippen LogP contribution in [0.25, 0.3) is 0 Å². The maximum absolute atomic E-state index is 12.6. The van der Waals surface area contributed by atoms with Crippen LogP contribution in [0.2, 0.25) is 0 Å². The fraction of sp³-hybridized carbons (Fsp3) is 0.333. The van der Waals surface area contributed by atoms with Gasteiger partial charge in [0.1, 0.15) is 15.0 Å². The fourth-order valence-corrected chi connectivity index (χ4v) is 1.75. The molecule has 0 aliphatic carbocycles. The zero-order valence-corrected chi connectivity index (χ0v) is 10.6. The Morgan fingerprint density at radius 2 is 2.12 bits per heavy atom. The van der Waals surface area contributed by atoms with Crippen molar-refractivity contribution in [1.82, 2.24) is 4.98 Å². The maximum Gasteiger partial charge on any atom is 0.344 e. The number of methoxy groups -OCH3 is 2. The van der Waals surface area contributed by atoms with Gasteiger partial charge in [-0.15, -0.1) is 0 Å². The Labute approximate surface area is 104 Å². The van der Waals surface area contributed by atoms with Gasteiger partial charge in [-0.3, -0.25) is 0 Å². The topological polar surface area (TPSA) is 48.4 Å². The minimum atomic E-state index is -2.76. The third kappa shape index (κ3) is 2.39. The second-order valence-electron chi connectivity index (χ2n) is 2.70.